The van der Waals surface area contributed by atoms with Crippen LogP contribution in [0, 0.1) is 0 Å². The highest BCUT2D eigenvalue weighted by molar-refractivity contribution is 5.95. The van der Waals surface area contributed by atoms with Crippen LogP contribution in [0.2, 0.25) is 0 Å². The van der Waals surface area contributed by atoms with Crippen LogP contribution in [-0.2, 0) is 9.53 Å². The predicted molar refractivity (Wildman–Crippen MR) is 63.4 cm³/mol. The lowest BCUT2D eigenvalue weighted by Gasteiger charge is -2.05. The number of methoxy groups -OCH3 is 1. The second kappa shape index (κ2) is 6.81. The molecule has 17 heavy (non-hydrogen) atoms. The van der Waals surface area contributed by atoms with Gasteiger partial charge in [0.25, 0.3) is 0 Å². The second-order valence-corrected chi connectivity index (χ2v) is 3.56. The van der Waals surface area contributed by atoms with Gasteiger partial charge in [-0.1, -0.05) is 6.92 Å². The molecule has 4 nitrogen and oxygen atoms in total. The molecule has 0 atom stereocenters. The number of benzene rings is 1. The Labute approximate surface area is 101 Å². The number of carbonyl (C=O) groups is 2. The van der Waals surface area contributed by atoms with E-state index in [1.165, 1.54) is 7.11 Å². The van der Waals surface area contributed by atoms with Crippen molar-refractivity contribution in [3.63, 3.8) is 0 Å². The van der Waals surface area contributed by atoms with Crippen LogP contribution in [-0.4, -0.2) is 31.9 Å². The predicted octanol–water partition coefficient (Wildman–Crippen LogP) is 1.87. The minimum Gasteiger partial charge on any atom is -0.486 e. The fourth-order valence-electron chi connectivity index (χ4n) is 1.31. The maximum absolute atomic E-state index is 11.4. The Kier molecular flexibility index (Phi) is 5.36. The number of rotatable bonds is 7. The third kappa shape index (κ3) is 4.36. The fourth-order valence-corrected chi connectivity index (χ4v) is 1.31. The highest BCUT2D eigenvalue weighted by atomic mass is 16.5. The van der Waals surface area contributed by atoms with Crippen LogP contribution < -0.4 is 4.74 Å². The molecule has 0 aliphatic heterocycles. The molecular formula is C13H16O4. The molecule has 1 aromatic rings. The summed E-state index contributed by atoms with van der Waals surface area (Å²) in [4.78, 5) is 22.5. The van der Waals surface area contributed by atoms with E-state index in [0.717, 1.165) is 0 Å². The van der Waals surface area contributed by atoms with Crippen molar-refractivity contribution in [2.24, 2.45) is 0 Å². The van der Waals surface area contributed by atoms with Crippen LogP contribution >= 0.6 is 0 Å². The summed E-state index contributed by atoms with van der Waals surface area (Å²) >= 11 is 0. The smallest absolute Gasteiger partial charge is 0.195 e. The first-order chi connectivity index (χ1) is 8.17. The summed E-state index contributed by atoms with van der Waals surface area (Å²) < 4.78 is 9.93. The van der Waals surface area contributed by atoms with Gasteiger partial charge in [0, 0.05) is 19.1 Å². The summed E-state index contributed by atoms with van der Waals surface area (Å²) in [6.45, 7) is 1.84. The van der Waals surface area contributed by atoms with Crippen molar-refractivity contribution in [2.75, 3.05) is 20.3 Å². The molecule has 0 aliphatic rings. The Morgan fingerprint density at radius 1 is 1.12 bits per heavy atom. The topological polar surface area (TPSA) is 52.6 Å². The van der Waals surface area contributed by atoms with Gasteiger partial charge in [-0.05, 0) is 24.3 Å². The summed E-state index contributed by atoms with van der Waals surface area (Å²) in [5.74, 6) is 0.537. The van der Waals surface area contributed by atoms with Crippen LogP contribution in [0.25, 0.3) is 0 Å². The standard InChI is InChI=1S/C13H16O4/c1-3-13(15)10-4-6-12(7-5-10)17-9-11(14)8-16-2/h4-7H,3,8-9H2,1-2H3. The zero-order valence-electron chi connectivity index (χ0n) is 10.1. The average molecular weight is 236 g/mol. The Morgan fingerprint density at radius 3 is 2.29 bits per heavy atom. The summed E-state index contributed by atoms with van der Waals surface area (Å²) in [7, 11) is 1.46. The molecule has 0 unspecified atom stereocenters. The molecule has 1 rings (SSSR count). The first kappa shape index (κ1) is 13.4. The zero-order chi connectivity index (χ0) is 12.7. The molecule has 0 radical (unpaired) electrons. The second-order valence-electron chi connectivity index (χ2n) is 3.56. The third-order valence-corrected chi connectivity index (χ3v) is 2.20. The molecule has 0 amide bonds. The molecule has 0 saturated heterocycles. The molecule has 0 aliphatic carbocycles. The van der Waals surface area contributed by atoms with Gasteiger partial charge in [0.2, 0.25) is 0 Å². The minimum absolute atomic E-state index is 0.0189. The normalized spacial score (nSPS) is 10.0. The lowest BCUT2D eigenvalue weighted by atomic mass is 10.1. The first-order valence-corrected chi connectivity index (χ1v) is 5.44. The van der Waals surface area contributed by atoms with E-state index in [1.54, 1.807) is 24.3 Å². The van der Waals surface area contributed by atoms with Gasteiger partial charge in [0.15, 0.2) is 11.6 Å². The zero-order valence-corrected chi connectivity index (χ0v) is 10.1. The summed E-state index contributed by atoms with van der Waals surface area (Å²) in [6, 6.07) is 6.76. The SMILES string of the molecule is CCC(=O)c1ccc(OCC(=O)COC)cc1. The molecule has 0 saturated carbocycles. The lowest BCUT2D eigenvalue weighted by molar-refractivity contribution is -0.124. The number of ketones is 2. The van der Waals surface area contributed by atoms with E-state index in [1.807, 2.05) is 6.92 Å². The van der Waals surface area contributed by atoms with E-state index in [9.17, 15) is 9.59 Å². The number of hydrogen-bond acceptors (Lipinski definition) is 4. The average Bonchev–Trinajstić information content (AvgIpc) is 2.36. The van der Waals surface area contributed by atoms with Gasteiger partial charge in [0.1, 0.15) is 19.0 Å². The fraction of sp³-hybridized carbons (Fsp3) is 0.385. The summed E-state index contributed by atoms with van der Waals surface area (Å²) in [6.07, 6.45) is 0.479. The molecule has 0 aromatic heterocycles. The minimum atomic E-state index is -0.124. The monoisotopic (exact) mass is 236 g/mol. The van der Waals surface area contributed by atoms with Crippen molar-refractivity contribution < 1.29 is 19.1 Å². The number of ether oxygens (including phenoxy) is 2. The van der Waals surface area contributed by atoms with Gasteiger partial charge in [-0.3, -0.25) is 9.59 Å². The lowest BCUT2D eigenvalue weighted by Crippen LogP contribution is -2.16. The van der Waals surface area contributed by atoms with E-state index in [-0.39, 0.29) is 24.8 Å². The van der Waals surface area contributed by atoms with Crippen LogP contribution in [0.3, 0.4) is 0 Å². The van der Waals surface area contributed by atoms with Crippen LogP contribution in [0.4, 0.5) is 0 Å². The molecule has 92 valence electrons. The molecule has 4 heteroatoms. The highest BCUT2D eigenvalue weighted by Gasteiger charge is 2.04. The van der Waals surface area contributed by atoms with E-state index >= 15 is 0 Å². The number of hydrogen-bond donors (Lipinski definition) is 0. The summed E-state index contributed by atoms with van der Waals surface area (Å²) in [5, 5.41) is 0. The van der Waals surface area contributed by atoms with E-state index in [2.05, 4.69) is 4.74 Å². The van der Waals surface area contributed by atoms with Gasteiger partial charge in [-0.15, -0.1) is 0 Å². The van der Waals surface area contributed by atoms with Crippen molar-refractivity contribution >= 4 is 11.6 Å². The van der Waals surface area contributed by atoms with Crippen LogP contribution in [0.15, 0.2) is 24.3 Å². The number of carbonyl (C=O) groups excluding carboxylic acids is 2. The molecule has 0 bridgehead atoms. The van der Waals surface area contributed by atoms with Crippen molar-refractivity contribution in [3.8, 4) is 5.75 Å². The molecule has 0 N–H and O–H groups in total. The Hall–Kier alpha value is -1.68. The Balaban J connectivity index is 2.51. The van der Waals surface area contributed by atoms with Gasteiger partial charge < -0.3 is 9.47 Å². The largest absolute Gasteiger partial charge is 0.486 e. The van der Waals surface area contributed by atoms with Crippen molar-refractivity contribution in [1.29, 1.82) is 0 Å². The quantitative estimate of drug-likeness (QED) is 0.678. The highest BCUT2D eigenvalue weighted by Crippen LogP contribution is 2.13. The van der Waals surface area contributed by atoms with E-state index in [0.29, 0.717) is 17.7 Å². The van der Waals surface area contributed by atoms with Gasteiger partial charge in [-0.25, -0.2) is 0 Å². The maximum atomic E-state index is 11.4. The van der Waals surface area contributed by atoms with Crippen LogP contribution in [0.5, 0.6) is 5.75 Å². The Morgan fingerprint density at radius 2 is 1.76 bits per heavy atom. The van der Waals surface area contributed by atoms with Gasteiger partial charge >= 0.3 is 0 Å². The third-order valence-electron chi connectivity index (χ3n) is 2.20. The number of Topliss-reactive ketones (excluding diaryl/α,β-unsaturated/α-hetero) is 2. The van der Waals surface area contributed by atoms with Crippen LogP contribution in [0.1, 0.15) is 23.7 Å². The molecular weight excluding hydrogens is 220 g/mol. The van der Waals surface area contributed by atoms with E-state index < -0.39 is 0 Å². The molecule has 1 aromatic carbocycles. The van der Waals surface area contributed by atoms with Crippen molar-refractivity contribution in [3.05, 3.63) is 29.8 Å². The van der Waals surface area contributed by atoms with Crippen molar-refractivity contribution in [2.45, 2.75) is 13.3 Å². The molecule has 0 heterocycles. The first-order valence-electron chi connectivity index (χ1n) is 5.44. The van der Waals surface area contributed by atoms with Crippen molar-refractivity contribution in [1.82, 2.24) is 0 Å². The molecule has 0 fully saturated rings. The maximum Gasteiger partial charge on any atom is 0.195 e. The van der Waals surface area contributed by atoms with Gasteiger partial charge in [-0.2, -0.15) is 0 Å². The Bertz CT molecular complexity index is 381. The van der Waals surface area contributed by atoms with Gasteiger partial charge in [0.05, 0.1) is 0 Å². The molecule has 0 spiro atoms. The summed E-state index contributed by atoms with van der Waals surface area (Å²) in [5.41, 5.74) is 0.656. The van der Waals surface area contributed by atoms with E-state index in [4.69, 9.17) is 4.74 Å².